The van der Waals surface area contributed by atoms with Crippen LogP contribution in [0.4, 0.5) is 0 Å². The molecule has 4 atom stereocenters. The standard InChI is InChI=1S/C14H16Cl2O8/c1-23-13-7(16)3-2-6(15)10(13)14(22)24-5-9(19)12(21)11(20)8(18)4-17/h2-4,8-9,11-12,18-21H,5H2,1H3. The average molecular weight is 383 g/mol. The highest BCUT2D eigenvalue weighted by molar-refractivity contribution is 6.37. The van der Waals surface area contributed by atoms with E-state index in [2.05, 4.69) is 0 Å². The van der Waals surface area contributed by atoms with Crippen LogP contribution < -0.4 is 4.74 Å². The Labute approximate surface area is 147 Å². The fourth-order valence-corrected chi connectivity index (χ4v) is 2.23. The minimum atomic E-state index is -1.94. The SMILES string of the molecule is COc1c(Cl)ccc(Cl)c1C(=O)OCC(O)C(O)C(O)C(O)C=O. The van der Waals surface area contributed by atoms with Gasteiger partial charge in [-0.05, 0) is 12.1 Å². The van der Waals surface area contributed by atoms with E-state index in [-0.39, 0.29) is 27.6 Å². The lowest BCUT2D eigenvalue weighted by atomic mass is 10.0. The van der Waals surface area contributed by atoms with Gasteiger partial charge in [0.1, 0.15) is 36.6 Å². The highest BCUT2D eigenvalue weighted by Gasteiger charge is 2.31. The zero-order valence-electron chi connectivity index (χ0n) is 12.4. The van der Waals surface area contributed by atoms with Crippen LogP contribution in [0, 0.1) is 0 Å². The largest absolute Gasteiger partial charge is 0.494 e. The third-order valence-corrected chi connectivity index (χ3v) is 3.70. The number of methoxy groups -OCH3 is 1. The maximum Gasteiger partial charge on any atom is 0.343 e. The molecular weight excluding hydrogens is 367 g/mol. The van der Waals surface area contributed by atoms with E-state index in [0.717, 1.165) is 0 Å². The Morgan fingerprint density at radius 1 is 1.17 bits per heavy atom. The van der Waals surface area contributed by atoms with E-state index < -0.39 is 37.0 Å². The Kier molecular flexibility index (Phi) is 7.88. The van der Waals surface area contributed by atoms with Crippen LogP contribution in [-0.4, -0.2) is 70.8 Å². The van der Waals surface area contributed by atoms with Gasteiger partial charge in [0.05, 0.1) is 17.2 Å². The Morgan fingerprint density at radius 2 is 1.75 bits per heavy atom. The topological polar surface area (TPSA) is 134 Å². The van der Waals surface area contributed by atoms with Crippen molar-refractivity contribution in [3.63, 3.8) is 0 Å². The fraction of sp³-hybridized carbons (Fsp3) is 0.429. The number of aldehydes is 1. The zero-order valence-corrected chi connectivity index (χ0v) is 13.9. The molecule has 0 saturated carbocycles. The number of carbonyl (C=O) groups is 2. The number of halogens is 2. The normalized spacial score (nSPS) is 16.0. The molecule has 134 valence electrons. The molecule has 0 fully saturated rings. The van der Waals surface area contributed by atoms with Crippen LogP contribution in [0.25, 0.3) is 0 Å². The molecule has 0 heterocycles. The van der Waals surface area contributed by atoms with Crippen molar-refractivity contribution in [1.29, 1.82) is 0 Å². The van der Waals surface area contributed by atoms with Crippen LogP contribution in [0.1, 0.15) is 10.4 Å². The maximum atomic E-state index is 12.1. The molecule has 0 amide bonds. The molecule has 0 radical (unpaired) electrons. The molecule has 0 bridgehead atoms. The van der Waals surface area contributed by atoms with Gasteiger partial charge in [0.25, 0.3) is 0 Å². The van der Waals surface area contributed by atoms with Crippen molar-refractivity contribution in [3.8, 4) is 5.75 Å². The summed E-state index contributed by atoms with van der Waals surface area (Å²) in [6.07, 6.45) is -7.53. The van der Waals surface area contributed by atoms with Crippen molar-refractivity contribution in [1.82, 2.24) is 0 Å². The van der Waals surface area contributed by atoms with Gasteiger partial charge in [-0.25, -0.2) is 4.79 Å². The van der Waals surface area contributed by atoms with Crippen LogP contribution in [0.2, 0.25) is 10.0 Å². The van der Waals surface area contributed by atoms with E-state index >= 15 is 0 Å². The molecule has 1 aromatic rings. The molecule has 0 saturated heterocycles. The van der Waals surface area contributed by atoms with Crippen molar-refractivity contribution < 1.29 is 39.5 Å². The van der Waals surface area contributed by atoms with E-state index in [0.29, 0.717) is 0 Å². The quantitative estimate of drug-likeness (QED) is 0.358. The Bertz CT molecular complexity index is 594. The summed E-state index contributed by atoms with van der Waals surface area (Å²) < 4.78 is 9.78. The minimum absolute atomic E-state index is 0.00676. The second-order valence-electron chi connectivity index (χ2n) is 4.71. The summed E-state index contributed by atoms with van der Waals surface area (Å²) in [7, 11) is 1.27. The molecule has 0 aliphatic rings. The van der Waals surface area contributed by atoms with Crippen LogP contribution >= 0.6 is 23.2 Å². The summed E-state index contributed by atoms with van der Waals surface area (Å²) in [5, 5.41) is 37.9. The monoisotopic (exact) mass is 382 g/mol. The molecule has 0 aliphatic heterocycles. The third-order valence-electron chi connectivity index (χ3n) is 3.09. The molecule has 0 spiro atoms. The number of ether oxygens (including phenoxy) is 2. The van der Waals surface area contributed by atoms with Crippen LogP contribution in [-0.2, 0) is 9.53 Å². The molecule has 0 aromatic heterocycles. The number of rotatable bonds is 8. The van der Waals surface area contributed by atoms with Crippen molar-refractivity contribution in [2.24, 2.45) is 0 Å². The molecule has 0 aliphatic carbocycles. The van der Waals surface area contributed by atoms with E-state index in [1.54, 1.807) is 0 Å². The van der Waals surface area contributed by atoms with Crippen LogP contribution in [0.15, 0.2) is 12.1 Å². The molecule has 1 aromatic carbocycles. The third kappa shape index (κ3) is 4.79. The fourth-order valence-electron chi connectivity index (χ4n) is 1.76. The highest BCUT2D eigenvalue weighted by Crippen LogP contribution is 2.34. The number of benzene rings is 1. The van der Waals surface area contributed by atoms with Gasteiger partial charge in [-0.15, -0.1) is 0 Å². The van der Waals surface area contributed by atoms with Gasteiger partial charge in [-0.1, -0.05) is 23.2 Å². The Hall–Kier alpha value is -1.42. The van der Waals surface area contributed by atoms with E-state index in [9.17, 15) is 24.9 Å². The van der Waals surface area contributed by atoms with E-state index in [4.69, 9.17) is 37.8 Å². The van der Waals surface area contributed by atoms with Crippen LogP contribution in [0.3, 0.4) is 0 Å². The summed E-state index contributed by atoms with van der Waals surface area (Å²) >= 11 is 11.8. The lowest BCUT2D eigenvalue weighted by Gasteiger charge is -2.24. The van der Waals surface area contributed by atoms with Gasteiger partial charge in [0.15, 0.2) is 12.0 Å². The summed E-state index contributed by atoms with van der Waals surface area (Å²) in [4.78, 5) is 22.4. The molecular formula is C14H16Cl2O8. The maximum absolute atomic E-state index is 12.1. The van der Waals surface area contributed by atoms with E-state index in [1.165, 1.54) is 19.2 Å². The Balaban J connectivity index is 2.80. The van der Waals surface area contributed by atoms with Crippen molar-refractivity contribution >= 4 is 35.5 Å². The number of aliphatic hydroxyl groups is 4. The summed E-state index contributed by atoms with van der Waals surface area (Å²) in [6, 6.07) is 2.76. The minimum Gasteiger partial charge on any atom is -0.494 e. The lowest BCUT2D eigenvalue weighted by molar-refractivity contribution is -0.136. The second kappa shape index (κ2) is 9.16. The predicted molar refractivity (Wildman–Crippen MR) is 83.4 cm³/mol. The first-order valence-electron chi connectivity index (χ1n) is 6.61. The predicted octanol–water partition coefficient (Wildman–Crippen LogP) is -0.199. The lowest BCUT2D eigenvalue weighted by Crippen LogP contribution is -2.46. The van der Waals surface area contributed by atoms with Gasteiger partial charge in [-0.2, -0.15) is 0 Å². The number of hydrogen-bond donors (Lipinski definition) is 4. The van der Waals surface area contributed by atoms with Crippen molar-refractivity contribution in [3.05, 3.63) is 27.7 Å². The first kappa shape index (κ1) is 20.6. The number of hydrogen-bond acceptors (Lipinski definition) is 8. The van der Waals surface area contributed by atoms with Crippen LogP contribution in [0.5, 0.6) is 5.75 Å². The molecule has 4 unspecified atom stereocenters. The summed E-state index contributed by atoms with van der Waals surface area (Å²) in [6.45, 7) is -0.741. The van der Waals surface area contributed by atoms with E-state index in [1.807, 2.05) is 0 Å². The smallest absolute Gasteiger partial charge is 0.343 e. The highest BCUT2D eigenvalue weighted by atomic mass is 35.5. The average Bonchev–Trinajstić information content (AvgIpc) is 2.58. The molecule has 10 heteroatoms. The van der Waals surface area contributed by atoms with Gasteiger partial charge in [-0.3, -0.25) is 0 Å². The first-order valence-corrected chi connectivity index (χ1v) is 7.36. The molecule has 24 heavy (non-hydrogen) atoms. The van der Waals surface area contributed by atoms with Crippen molar-refractivity contribution in [2.45, 2.75) is 24.4 Å². The summed E-state index contributed by atoms with van der Waals surface area (Å²) in [5.41, 5.74) is -0.179. The van der Waals surface area contributed by atoms with Gasteiger partial charge in [0, 0.05) is 0 Å². The van der Waals surface area contributed by atoms with Crippen molar-refractivity contribution in [2.75, 3.05) is 13.7 Å². The van der Waals surface area contributed by atoms with Gasteiger partial charge >= 0.3 is 5.97 Å². The first-order chi connectivity index (χ1) is 11.2. The molecule has 1 rings (SSSR count). The second-order valence-corrected chi connectivity index (χ2v) is 5.53. The Morgan fingerprint density at radius 3 is 2.29 bits per heavy atom. The number of esters is 1. The summed E-state index contributed by atoms with van der Waals surface area (Å²) in [5.74, 6) is -1.02. The molecule has 4 N–H and O–H groups in total. The van der Waals surface area contributed by atoms with Gasteiger partial charge < -0.3 is 34.7 Å². The molecule has 8 nitrogen and oxygen atoms in total. The number of carbonyl (C=O) groups excluding carboxylic acids is 2. The number of aliphatic hydroxyl groups excluding tert-OH is 4. The zero-order chi connectivity index (χ0) is 18.4. The van der Waals surface area contributed by atoms with Gasteiger partial charge in [0.2, 0.25) is 0 Å².